The maximum atomic E-state index is 12.1. The maximum Gasteiger partial charge on any atom is 0.347 e. The molecule has 0 aliphatic carbocycles. The Bertz CT molecular complexity index is 573. The van der Waals surface area contributed by atoms with Gasteiger partial charge in [0.2, 0.25) is 5.91 Å². The Kier molecular flexibility index (Phi) is 3.87. The lowest BCUT2D eigenvalue weighted by molar-refractivity contribution is -0.153. The summed E-state index contributed by atoms with van der Waals surface area (Å²) in [5, 5.41) is 9.14. The van der Waals surface area contributed by atoms with E-state index in [-0.39, 0.29) is 12.5 Å². The van der Waals surface area contributed by atoms with Crippen LogP contribution >= 0.6 is 0 Å². The van der Waals surface area contributed by atoms with Crippen molar-refractivity contribution in [2.45, 2.75) is 26.3 Å². The normalized spacial score (nSPS) is 17.8. The first kappa shape index (κ1) is 14.2. The number of carbonyl (C=O) groups excluding carboxylic acids is 1. The van der Waals surface area contributed by atoms with E-state index < -0.39 is 17.1 Å². The average Bonchev–Trinajstić information content (AvgIpc) is 2.42. The van der Waals surface area contributed by atoms with E-state index in [0.717, 1.165) is 0 Å². The van der Waals surface area contributed by atoms with Crippen molar-refractivity contribution in [1.82, 2.24) is 14.5 Å². The first-order valence-electron chi connectivity index (χ1n) is 6.45. The highest BCUT2D eigenvalue weighted by Gasteiger charge is 2.37. The van der Waals surface area contributed by atoms with Gasteiger partial charge >= 0.3 is 11.7 Å². The second kappa shape index (κ2) is 5.44. The first-order chi connectivity index (χ1) is 9.42. The standard InChI is InChI=1S/C13H17N3O4/c1-13(11(18)19)3-7-15(8-4-13)10(17)9-16-6-2-5-14-12(16)20/h2,5-6H,3-4,7-9H2,1H3,(H,18,19). The molecule has 0 radical (unpaired) electrons. The van der Waals surface area contributed by atoms with Crippen LogP contribution in [0.5, 0.6) is 0 Å². The van der Waals surface area contributed by atoms with Gasteiger partial charge in [-0.2, -0.15) is 0 Å². The molecule has 0 bridgehead atoms. The van der Waals surface area contributed by atoms with Crippen LogP contribution in [0.3, 0.4) is 0 Å². The minimum atomic E-state index is -0.826. The van der Waals surface area contributed by atoms with Crippen LogP contribution in [0.4, 0.5) is 0 Å². The van der Waals surface area contributed by atoms with Crippen LogP contribution in [0, 0.1) is 5.41 Å². The summed E-state index contributed by atoms with van der Waals surface area (Å²) >= 11 is 0. The Hall–Kier alpha value is -2.18. The summed E-state index contributed by atoms with van der Waals surface area (Å²) in [7, 11) is 0. The summed E-state index contributed by atoms with van der Waals surface area (Å²) in [5.74, 6) is -1.01. The molecule has 1 aliphatic heterocycles. The second-order valence-electron chi connectivity index (χ2n) is 5.28. The fourth-order valence-electron chi connectivity index (χ4n) is 2.22. The van der Waals surface area contributed by atoms with E-state index in [4.69, 9.17) is 5.11 Å². The number of amides is 1. The van der Waals surface area contributed by atoms with Crippen LogP contribution < -0.4 is 5.69 Å². The topological polar surface area (TPSA) is 92.5 Å². The van der Waals surface area contributed by atoms with Gasteiger partial charge in [0.1, 0.15) is 6.54 Å². The van der Waals surface area contributed by atoms with E-state index in [9.17, 15) is 14.4 Å². The third kappa shape index (κ3) is 2.87. The molecule has 7 nitrogen and oxygen atoms in total. The number of nitrogens with zero attached hydrogens (tertiary/aromatic N) is 3. The molecule has 0 aromatic carbocycles. The lowest BCUT2D eigenvalue weighted by atomic mass is 9.80. The van der Waals surface area contributed by atoms with Gasteiger partial charge in [-0.1, -0.05) is 0 Å². The van der Waals surface area contributed by atoms with Crippen LogP contribution in [-0.2, 0) is 16.1 Å². The zero-order valence-electron chi connectivity index (χ0n) is 11.3. The Morgan fingerprint density at radius 1 is 1.40 bits per heavy atom. The van der Waals surface area contributed by atoms with Crippen LogP contribution in [0.25, 0.3) is 0 Å². The number of aliphatic carboxylic acids is 1. The third-order valence-electron chi connectivity index (χ3n) is 3.82. The van der Waals surface area contributed by atoms with Gasteiger partial charge in [0.05, 0.1) is 5.41 Å². The number of likely N-dealkylation sites (tertiary alicyclic amines) is 1. The molecule has 0 spiro atoms. The zero-order valence-corrected chi connectivity index (χ0v) is 11.3. The number of hydrogen-bond donors (Lipinski definition) is 1. The molecule has 1 aromatic heterocycles. The van der Waals surface area contributed by atoms with E-state index in [1.807, 2.05) is 0 Å². The molecule has 0 atom stereocenters. The van der Waals surface area contributed by atoms with Gasteiger partial charge in [-0.05, 0) is 25.8 Å². The van der Waals surface area contributed by atoms with Gasteiger partial charge in [0, 0.05) is 25.5 Å². The monoisotopic (exact) mass is 279 g/mol. The quantitative estimate of drug-likeness (QED) is 0.838. The maximum absolute atomic E-state index is 12.1. The molecule has 1 saturated heterocycles. The summed E-state index contributed by atoms with van der Waals surface area (Å²) in [6.45, 7) is 2.44. The van der Waals surface area contributed by atoms with Crippen molar-refractivity contribution in [3.63, 3.8) is 0 Å². The summed E-state index contributed by atoms with van der Waals surface area (Å²) in [6.07, 6.45) is 3.74. The van der Waals surface area contributed by atoms with E-state index >= 15 is 0 Å². The molecule has 2 heterocycles. The molecule has 0 unspecified atom stereocenters. The van der Waals surface area contributed by atoms with E-state index in [1.165, 1.54) is 17.0 Å². The van der Waals surface area contributed by atoms with E-state index in [2.05, 4.69) is 4.98 Å². The van der Waals surface area contributed by atoms with Crippen molar-refractivity contribution in [2.24, 2.45) is 5.41 Å². The number of carboxylic acid groups (broad SMARTS) is 1. The van der Waals surface area contributed by atoms with Gasteiger partial charge in [-0.25, -0.2) is 9.78 Å². The van der Waals surface area contributed by atoms with Crippen molar-refractivity contribution in [3.8, 4) is 0 Å². The number of piperidine rings is 1. The van der Waals surface area contributed by atoms with Gasteiger partial charge in [-0.3, -0.25) is 14.2 Å². The second-order valence-corrected chi connectivity index (χ2v) is 5.28. The molecule has 108 valence electrons. The number of hydrogen-bond acceptors (Lipinski definition) is 4. The number of carboxylic acids is 1. The van der Waals surface area contributed by atoms with Gasteiger partial charge in [0.15, 0.2) is 0 Å². The van der Waals surface area contributed by atoms with Crippen LogP contribution in [0.2, 0.25) is 0 Å². The minimum Gasteiger partial charge on any atom is -0.481 e. The Balaban J connectivity index is 1.98. The van der Waals surface area contributed by atoms with Gasteiger partial charge in [0.25, 0.3) is 0 Å². The predicted molar refractivity (Wildman–Crippen MR) is 70.1 cm³/mol. The molecule has 0 saturated carbocycles. The Morgan fingerprint density at radius 2 is 2.05 bits per heavy atom. The van der Waals surface area contributed by atoms with Crippen molar-refractivity contribution >= 4 is 11.9 Å². The van der Waals surface area contributed by atoms with Crippen molar-refractivity contribution in [2.75, 3.05) is 13.1 Å². The molecule has 1 aliphatic rings. The molecule has 7 heteroatoms. The Labute approximate surface area is 115 Å². The summed E-state index contributed by atoms with van der Waals surface area (Å²) in [4.78, 5) is 39.8. The summed E-state index contributed by atoms with van der Waals surface area (Å²) in [6, 6.07) is 1.59. The SMILES string of the molecule is CC1(C(=O)O)CCN(C(=O)Cn2cccnc2=O)CC1. The molecular weight excluding hydrogens is 262 g/mol. The van der Waals surface area contributed by atoms with E-state index in [1.54, 1.807) is 17.9 Å². The number of aromatic nitrogens is 2. The van der Waals surface area contributed by atoms with Crippen molar-refractivity contribution in [1.29, 1.82) is 0 Å². The molecule has 2 rings (SSSR count). The molecule has 1 amide bonds. The van der Waals surface area contributed by atoms with Crippen LogP contribution in [0.15, 0.2) is 23.3 Å². The largest absolute Gasteiger partial charge is 0.481 e. The minimum absolute atomic E-state index is 0.0591. The molecule has 1 N–H and O–H groups in total. The zero-order chi connectivity index (χ0) is 14.8. The van der Waals surface area contributed by atoms with E-state index in [0.29, 0.717) is 25.9 Å². The predicted octanol–water partition coefficient (Wildman–Crippen LogP) is -0.0434. The highest BCUT2D eigenvalue weighted by atomic mass is 16.4. The fraction of sp³-hybridized carbons (Fsp3) is 0.538. The fourth-order valence-corrected chi connectivity index (χ4v) is 2.22. The highest BCUT2D eigenvalue weighted by molar-refractivity contribution is 5.78. The third-order valence-corrected chi connectivity index (χ3v) is 3.82. The molecular formula is C13H17N3O4. The molecule has 1 aromatic rings. The molecule has 20 heavy (non-hydrogen) atoms. The van der Waals surface area contributed by atoms with Crippen molar-refractivity contribution < 1.29 is 14.7 Å². The number of carbonyl (C=O) groups is 2. The summed E-state index contributed by atoms with van der Waals surface area (Å²) < 4.78 is 1.24. The van der Waals surface area contributed by atoms with Gasteiger partial charge < -0.3 is 10.0 Å². The van der Waals surface area contributed by atoms with Gasteiger partial charge in [-0.15, -0.1) is 0 Å². The lowest BCUT2D eigenvalue weighted by Crippen LogP contribution is -2.46. The smallest absolute Gasteiger partial charge is 0.347 e. The highest BCUT2D eigenvalue weighted by Crippen LogP contribution is 2.31. The summed E-state index contributed by atoms with van der Waals surface area (Å²) in [5.41, 5.74) is -1.23. The first-order valence-corrected chi connectivity index (χ1v) is 6.45. The lowest BCUT2D eigenvalue weighted by Gasteiger charge is -2.36. The van der Waals surface area contributed by atoms with Crippen LogP contribution in [-0.4, -0.2) is 44.5 Å². The number of rotatable bonds is 3. The van der Waals surface area contributed by atoms with Crippen molar-refractivity contribution in [3.05, 3.63) is 28.9 Å². The van der Waals surface area contributed by atoms with Crippen LogP contribution in [0.1, 0.15) is 19.8 Å². The molecule has 1 fully saturated rings. The average molecular weight is 279 g/mol. The Morgan fingerprint density at radius 3 is 2.60 bits per heavy atom.